The summed E-state index contributed by atoms with van der Waals surface area (Å²) in [4.78, 5) is 13.2. The molecule has 1 aliphatic rings. The fourth-order valence-corrected chi connectivity index (χ4v) is 3.37. The number of allylic oxidation sites excluding steroid dienone is 2. The zero-order chi connectivity index (χ0) is 14.0. The Hall–Kier alpha value is -1.86. The van der Waals surface area contributed by atoms with Gasteiger partial charge in [-0.2, -0.15) is 5.26 Å². The summed E-state index contributed by atoms with van der Waals surface area (Å²) in [5.74, 6) is -0.0215. The summed E-state index contributed by atoms with van der Waals surface area (Å²) in [7, 11) is 0. The van der Waals surface area contributed by atoms with E-state index >= 15 is 0 Å². The average molecular weight is 272 g/mol. The van der Waals surface area contributed by atoms with Gasteiger partial charge in [-0.15, -0.1) is 11.3 Å². The Morgan fingerprint density at radius 3 is 2.74 bits per heavy atom. The van der Waals surface area contributed by atoms with E-state index in [4.69, 9.17) is 0 Å². The largest absolute Gasteiger partial charge is 0.350 e. The minimum Gasteiger partial charge on any atom is -0.350 e. The van der Waals surface area contributed by atoms with Gasteiger partial charge in [-0.25, -0.2) is 0 Å². The Labute approximate surface area is 117 Å². The molecule has 0 aliphatic heterocycles. The molecule has 0 saturated heterocycles. The van der Waals surface area contributed by atoms with Crippen molar-refractivity contribution in [1.82, 2.24) is 5.32 Å². The van der Waals surface area contributed by atoms with Crippen LogP contribution in [0.15, 0.2) is 18.2 Å². The van der Waals surface area contributed by atoms with Crippen LogP contribution in [0.25, 0.3) is 5.57 Å². The summed E-state index contributed by atoms with van der Waals surface area (Å²) >= 11 is 1.66. The van der Waals surface area contributed by atoms with E-state index in [-0.39, 0.29) is 11.9 Å². The quantitative estimate of drug-likeness (QED) is 0.899. The molecule has 0 spiro atoms. The average Bonchev–Trinajstić information content (AvgIpc) is 2.64. The molecule has 1 aromatic rings. The van der Waals surface area contributed by atoms with Gasteiger partial charge in [0.05, 0.1) is 11.6 Å². The van der Waals surface area contributed by atoms with Gasteiger partial charge < -0.3 is 5.32 Å². The normalized spacial score (nSPS) is 17.8. The van der Waals surface area contributed by atoms with E-state index in [1.165, 1.54) is 11.8 Å². The summed E-state index contributed by atoms with van der Waals surface area (Å²) in [6.07, 6.45) is 6.85. The number of nitrogens with zero attached hydrogens (tertiary/aromatic N) is 1. The molecule has 0 bridgehead atoms. The van der Waals surface area contributed by atoms with Gasteiger partial charge in [-0.05, 0) is 25.8 Å². The van der Waals surface area contributed by atoms with E-state index in [0.29, 0.717) is 0 Å². The number of carbonyl (C=O) groups excluding carboxylic acids is 1. The fourth-order valence-electron chi connectivity index (χ4n) is 2.34. The number of nitriles is 1. The molecule has 1 unspecified atom stereocenters. The second kappa shape index (κ2) is 5.41. The Bertz CT molecular complexity index is 617. The molecule has 1 aromatic heterocycles. The van der Waals surface area contributed by atoms with E-state index in [0.717, 1.165) is 28.0 Å². The molecular weight excluding hydrogens is 256 g/mol. The lowest BCUT2D eigenvalue weighted by molar-refractivity contribution is -0.119. The number of carbonyl (C=O) groups is 1. The third-order valence-electron chi connectivity index (χ3n) is 3.15. The Balaban J connectivity index is 2.27. The van der Waals surface area contributed by atoms with Crippen LogP contribution in [-0.4, -0.2) is 11.9 Å². The lowest BCUT2D eigenvalue weighted by atomic mass is 9.94. The first kappa shape index (κ1) is 13.6. The predicted molar refractivity (Wildman–Crippen MR) is 77.8 cm³/mol. The van der Waals surface area contributed by atoms with Gasteiger partial charge in [0.2, 0.25) is 5.91 Å². The molecule has 1 heterocycles. The van der Waals surface area contributed by atoms with Crippen molar-refractivity contribution in [2.75, 3.05) is 0 Å². The summed E-state index contributed by atoms with van der Waals surface area (Å²) in [6.45, 7) is 5.54. The molecular formula is C15H16N2OS. The first-order valence-corrected chi connectivity index (χ1v) is 7.00. The highest BCUT2D eigenvalue weighted by Gasteiger charge is 2.18. The highest BCUT2D eigenvalue weighted by molar-refractivity contribution is 7.12. The van der Waals surface area contributed by atoms with Crippen LogP contribution in [-0.2, 0) is 4.79 Å². The molecule has 1 N–H and O–H groups in total. The lowest BCUT2D eigenvalue weighted by Gasteiger charge is -2.17. The van der Waals surface area contributed by atoms with Gasteiger partial charge in [0.15, 0.2) is 0 Å². The van der Waals surface area contributed by atoms with Gasteiger partial charge in [0, 0.05) is 22.2 Å². The molecule has 0 saturated carbocycles. The standard InChI is InChI=1S/C15H16N2OS/c1-9-14(8-16)15(10(2)19-9)12-4-6-13(7-5-12)17-11(3)18/h4-6,13H,7H2,1-3H3,(H,17,18). The topological polar surface area (TPSA) is 52.9 Å². The Morgan fingerprint density at radius 1 is 1.47 bits per heavy atom. The molecule has 1 atom stereocenters. The number of thiophene rings is 1. The van der Waals surface area contributed by atoms with Crippen LogP contribution in [0.2, 0.25) is 0 Å². The smallest absolute Gasteiger partial charge is 0.217 e. The molecule has 98 valence electrons. The number of nitrogens with one attached hydrogen (secondary N) is 1. The maximum Gasteiger partial charge on any atom is 0.217 e. The van der Waals surface area contributed by atoms with Crippen LogP contribution in [0.4, 0.5) is 0 Å². The van der Waals surface area contributed by atoms with Gasteiger partial charge in [-0.3, -0.25) is 4.79 Å². The van der Waals surface area contributed by atoms with Crippen molar-refractivity contribution in [3.05, 3.63) is 39.1 Å². The van der Waals surface area contributed by atoms with Crippen molar-refractivity contribution in [3.8, 4) is 6.07 Å². The van der Waals surface area contributed by atoms with Gasteiger partial charge in [0.25, 0.3) is 0 Å². The molecule has 1 amide bonds. The highest BCUT2D eigenvalue weighted by atomic mass is 32.1. The molecule has 2 rings (SSSR count). The zero-order valence-electron chi connectivity index (χ0n) is 11.3. The number of hydrogen-bond acceptors (Lipinski definition) is 3. The van der Waals surface area contributed by atoms with Crippen molar-refractivity contribution in [3.63, 3.8) is 0 Å². The predicted octanol–water partition coefficient (Wildman–Crippen LogP) is 3.08. The Morgan fingerprint density at radius 2 is 2.21 bits per heavy atom. The van der Waals surface area contributed by atoms with Gasteiger partial charge >= 0.3 is 0 Å². The second-order valence-corrected chi connectivity index (χ2v) is 6.07. The van der Waals surface area contributed by atoms with Crippen LogP contribution in [0.5, 0.6) is 0 Å². The van der Waals surface area contributed by atoms with Crippen LogP contribution < -0.4 is 5.32 Å². The molecule has 0 fully saturated rings. The molecule has 3 nitrogen and oxygen atoms in total. The van der Waals surface area contributed by atoms with Crippen molar-refractivity contribution < 1.29 is 4.79 Å². The van der Waals surface area contributed by atoms with Crippen molar-refractivity contribution in [2.24, 2.45) is 0 Å². The summed E-state index contributed by atoms with van der Waals surface area (Å²) in [6, 6.07) is 2.35. The maximum atomic E-state index is 11.0. The van der Waals surface area contributed by atoms with Gasteiger partial charge in [0.1, 0.15) is 6.07 Å². The molecule has 4 heteroatoms. The summed E-state index contributed by atoms with van der Waals surface area (Å²) < 4.78 is 0. The SMILES string of the molecule is CC(=O)NC1C=CC(c2c(C)sc(C)c2C#N)=CC1. The minimum atomic E-state index is -0.0215. The number of aryl methyl sites for hydroxylation is 2. The molecule has 0 aromatic carbocycles. The minimum absolute atomic E-state index is 0.0215. The molecule has 1 aliphatic carbocycles. The summed E-state index contributed by atoms with van der Waals surface area (Å²) in [5.41, 5.74) is 2.90. The van der Waals surface area contributed by atoms with Crippen LogP contribution in [0.3, 0.4) is 0 Å². The summed E-state index contributed by atoms with van der Waals surface area (Å²) in [5, 5.41) is 12.1. The van der Waals surface area contributed by atoms with Crippen molar-refractivity contribution in [1.29, 1.82) is 5.26 Å². The molecule has 0 radical (unpaired) electrons. The van der Waals surface area contributed by atoms with E-state index in [9.17, 15) is 10.1 Å². The fraction of sp³-hybridized carbons (Fsp3) is 0.333. The van der Waals surface area contributed by atoms with Crippen LogP contribution >= 0.6 is 11.3 Å². The van der Waals surface area contributed by atoms with E-state index in [1.54, 1.807) is 11.3 Å². The monoisotopic (exact) mass is 272 g/mol. The van der Waals surface area contributed by atoms with Crippen LogP contribution in [0, 0.1) is 25.2 Å². The lowest BCUT2D eigenvalue weighted by Crippen LogP contribution is -2.31. The number of hydrogen-bond donors (Lipinski definition) is 1. The maximum absolute atomic E-state index is 11.0. The van der Waals surface area contributed by atoms with E-state index in [1.807, 2.05) is 26.0 Å². The highest BCUT2D eigenvalue weighted by Crippen LogP contribution is 2.34. The first-order valence-electron chi connectivity index (χ1n) is 6.19. The first-order chi connectivity index (χ1) is 9.02. The Kier molecular flexibility index (Phi) is 3.87. The number of rotatable bonds is 2. The van der Waals surface area contributed by atoms with Crippen molar-refractivity contribution >= 4 is 22.8 Å². The van der Waals surface area contributed by atoms with E-state index < -0.39 is 0 Å². The van der Waals surface area contributed by atoms with E-state index in [2.05, 4.69) is 17.5 Å². The second-order valence-electron chi connectivity index (χ2n) is 4.64. The van der Waals surface area contributed by atoms with Crippen molar-refractivity contribution in [2.45, 2.75) is 33.2 Å². The number of amides is 1. The van der Waals surface area contributed by atoms with Gasteiger partial charge in [-0.1, -0.05) is 18.2 Å². The third-order valence-corrected chi connectivity index (χ3v) is 4.17. The zero-order valence-corrected chi connectivity index (χ0v) is 12.1. The third kappa shape index (κ3) is 2.77. The molecule has 19 heavy (non-hydrogen) atoms. The van der Waals surface area contributed by atoms with Crippen LogP contribution in [0.1, 0.15) is 34.2 Å².